The van der Waals surface area contributed by atoms with Crippen LogP contribution in [0, 0.1) is 17.4 Å². The van der Waals surface area contributed by atoms with Gasteiger partial charge in [0.25, 0.3) is 0 Å². The number of carbonyl (C=O) groups is 1. The maximum Gasteiger partial charge on any atom is 0.169 e. The van der Waals surface area contributed by atoms with Crippen molar-refractivity contribution >= 4 is 28.4 Å². The standard InChI is InChI=1S/C15H14INO/c1-10-6-4-8-17-13(10)9-14(18)12-7-3-5-11(2)15(12)16/h3-8H,9H2,1-2H3. The van der Waals surface area contributed by atoms with E-state index in [1.165, 1.54) is 0 Å². The molecule has 18 heavy (non-hydrogen) atoms. The molecule has 0 fully saturated rings. The van der Waals surface area contributed by atoms with Crippen molar-refractivity contribution in [2.24, 2.45) is 0 Å². The lowest BCUT2D eigenvalue weighted by atomic mass is 10.0. The van der Waals surface area contributed by atoms with Crippen molar-refractivity contribution in [3.05, 3.63) is 62.5 Å². The molecule has 92 valence electrons. The van der Waals surface area contributed by atoms with Gasteiger partial charge in [-0.1, -0.05) is 24.3 Å². The predicted molar refractivity (Wildman–Crippen MR) is 80.9 cm³/mol. The van der Waals surface area contributed by atoms with Gasteiger partial charge in [0, 0.05) is 15.3 Å². The van der Waals surface area contributed by atoms with Crippen LogP contribution in [0.3, 0.4) is 0 Å². The Labute approximate surface area is 121 Å². The summed E-state index contributed by atoms with van der Waals surface area (Å²) < 4.78 is 1.04. The van der Waals surface area contributed by atoms with Crippen LogP contribution in [0.25, 0.3) is 0 Å². The van der Waals surface area contributed by atoms with E-state index in [-0.39, 0.29) is 5.78 Å². The van der Waals surface area contributed by atoms with Gasteiger partial charge in [-0.2, -0.15) is 0 Å². The number of halogens is 1. The molecule has 0 aliphatic rings. The molecular weight excluding hydrogens is 337 g/mol. The molecule has 0 bridgehead atoms. The molecule has 0 radical (unpaired) electrons. The van der Waals surface area contributed by atoms with Crippen molar-refractivity contribution in [2.75, 3.05) is 0 Å². The third-order valence-electron chi connectivity index (χ3n) is 2.94. The minimum absolute atomic E-state index is 0.130. The number of rotatable bonds is 3. The van der Waals surface area contributed by atoms with Crippen molar-refractivity contribution in [1.82, 2.24) is 4.98 Å². The maximum atomic E-state index is 12.3. The number of Topliss-reactive ketones (excluding diaryl/α,β-unsaturated/α-hetero) is 1. The van der Waals surface area contributed by atoms with Gasteiger partial charge in [-0.3, -0.25) is 9.78 Å². The van der Waals surface area contributed by atoms with Gasteiger partial charge in [0.15, 0.2) is 5.78 Å². The molecule has 2 rings (SSSR count). The summed E-state index contributed by atoms with van der Waals surface area (Å²) in [6.45, 7) is 4.00. The lowest BCUT2D eigenvalue weighted by Gasteiger charge is -2.07. The Morgan fingerprint density at radius 2 is 1.89 bits per heavy atom. The van der Waals surface area contributed by atoms with Gasteiger partial charge in [-0.05, 0) is 53.6 Å². The van der Waals surface area contributed by atoms with Crippen LogP contribution in [-0.2, 0) is 6.42 Å². The SMILES string of the molecule is Cc1cccnc1CC(=O)c1cccc(C)c1I. The molecule has 0 saturated heterocycles. The van der Waals surface area contributed by atoms with Gasteiger partial charge in [-0.15, -0.1) is 0 Å². The van der Waals surface area contributed by atoms with Gasteiger partial charge < -0.3 is 0 Å². The van der Waals surface area contributed by atoms with Crippen LogP contribution in [0.1, 0.15) is 27.2 Å². The molecule has 0 N–H and O–H groups in total. The number of benzene rings is 1. The lowest BCUT2D eigenvalue weighted by Crippen LogP contribution is -2.08. The van der Waals surface area contributed by atoms with Gasteiger partial charge in [0.2, 0.25) is 0 Å². The summed E-state index contributed by atoms with van der Waals surface area (Å²) in [6, 6.07) is 9.70. The first-order valence-electron chi connectivity index (χ1n) is 5.78. The molecule has 2 nitrogen and oxygen atoms in total. The number of carbonyl (C=O) groups excluding carboxylic acids is 1. The minimum atomic E-state index is 0.130. The third-order valence-corrected chi connectivity index (χ3v) is 4.37. The van der Waals surface area contributed by atoms with Gasteiger partial charge in [-0.25, -0.2) is 0 Å². The summed E-state index contributed by atoms with van der Waals surface area (Å²) in [4.78, 5) is 16.6. The summed E-state index contributed by atoms with van der Waals surface area (Å²) in [5, 5.41) is 0. The van der Waals surface area contributed by atoms with Gasteiger partial charge in [0.1, 0.15) is 0 Å². The number of ketones is 1. The predicted octanol–water partition coefficient (Wildman–Crippen LogP) is 3.73. The van der Waals surface area contributed by atoms with Crippen LogP contribution in [-0.4, -0.2) is 10.8 Å². The largest absolute Gasteiger partial charge is 0.294 e. The van der Waals surface area contributed by atoms with E-state index >= 15 is 0 Å². The first kappa shape index (κ1) is 13.2. The highest BCUT2D eigenvalue weighted by Crippen LogP contribution is 2.19. The molecule has 0 spiro atoms. The molecule has 1 aromatic carbocycles. The van der Waals surface area contributed by atoms with Crippen LogP contribution in [0.5, 0.6) is 0 Å². The zero-order valence-electron chi connectivity index (χ0n) is 10.4. The molecule has 0 amide bonds. The van der Waals surface area contributed by atoms with Crippen LogP contribution in [0.2, 0.25) is 0 Å². The number of pyridine rings is 1. The Hall–Kier alpha value is -1.23. The fraction of sp³-hybridized carbons (Fsp3) is 0.200. The average Bonchev–Trinajstić information content (AvgIpc) is 2.35. The second-order valence-corrected chi connectivity index (χ2v) is 5.38. The van der Waals surface area contributed by atoms with E-state index in [9.17, 15) is 4.79 Å². The molecule has 0 unspecified atom stereocenters. The van der Waals surface area contributed by atoms with E-state index in [1.54, 1.807) is 6.20 Å². The number of hydrogen-bond donors (Lipinski definition) is 0. The summed E-state index contributed by atoms with van der Waals surface area (Å²) in [5.41, 5.74) is 3.85. The number of nitrogens with zero attached hydrogens (tertiary/aromatic N) is 1. The molecule has 0 atom stereocenters. The van der Waals surface area contributed by atoms with E-state index in [2.05, 4.69) is 27.6 Å². The quantitative estimate of drug-likeness (QED) is 0.623. The molecule has 1 heterocycles. The van der Waals surface area contributed by atoms with Crippen LogP contribution in [0.4, 0.5) is 0 Å². The van der Waals surface area contributed by atoms with E-state index in [4.69, 9.17) is 0 Å². The first-order chi connectivity index (χ1) is 8.59. The smallest absolute Gasteiger partial charge is 0.169 e. The monoisotopic (exact) mass is 351 g/mol. The summed E-state index contributed by atoms with van der Waals surface area (Å²) >= 11 is 2.23. The zero-order chi connectivity index (χ0) is 13.1. The lowest BCUT2D eigenvalue weighted by molar-refractivity contribution is 0.0991. The highest BCUT2D eigenvalue weighted by molar-refractivity contribution is 14.1. The van der Waals surface area contributed by atoms with Gasteiger partial charge >= 0.3 is 0 Å². The average molecular weight is 351 g/mol. The third kappa shape index (κ3) is 2.77. The fourth-order valence-corrected chi connectivity index (χ4v) is 2.47. The van der Waals surface area contributed by atoms with Crippen molar-refractivity contribution in [2.45, 2.75) is 20.3 Å². The second kappa shape index (κ2) is 5.61. The molecule has 1 aromatic heterocycles. The van der Waals surface area contributed by atoms with Crippen LogP contribution < -0.4 is 0 Å². The maximum absolute atomic E-state index is 12.3. The van der Waals surface area contributed by atoms with E-state index in [0.29, 0.717) is 6.42 Å². The highest BCUT2D eigenvalue weighted by atomic mass is 127. The second-order valence-electron chi connectivity index (χ2n) is 4.30. The molecule has 0 saturated carbocycles. The molecule has 0 aliphatic carbocycles. The first-order valence-corrected chi connectivity index (χ1v) is 6.86. The van der Waals surface area contributed by atoms with E-state index < -0.39 is 0 Å². The normalized spacial score (nSPS) is 10.4. The Balaban J connectivity index is 2.28. The zero-order valence-corrected chi connectivity index (χ0v) is 12.6. The number of aromatic nitrogens is 1. The van der Waals surface area contributed by atoms with Crippen molar-refractivity contribution in [3.8, 4) is 0 Å². The Morgan fingerprint density at radius 1 is 1.17 bits per heavy atom. The Bertz CT molecular complexity index is 593. The van der Waals surface area contributed by atoms with Crippen molar-refractivity contribution in [3.63, 3.8) is 0 Å². The van der Waals surface area contributed by atoms with E-state index in [1.807, 2.05) is 44.2 Å². The van der Waals surface area contributed by atoms with Crippen molar-refractivity contribution < 1.29 is 4.79 Å². The number of aryl methyl sites for hydroxylation is 2. The Kier molecular flexibility index (Phi) is 4.11. The molecule has 3 heteroatoms. The van der Waals surface area contributed by atoms with Crippen molar-refractivity contribution in [1.29, 1.82) is 0 Å². The topological polar surface area (TPSA) is 30.0 Å². The van der Waals surface area contributed by atoms with Crippen LogP contribution >= 0.6 is 22.6 Å². The molecule has 0 aliphatic heterocycles. The molecular formula is C15H14INO. The summed E-state index contributed by atoms with van der Waals surface area (Å²) in [6.07, 6.45) is 2.10. The number of hydrogen-bond acceptors (Lipinski definition) is 2. The van der Waals surface area contributed by atoms with Crippen LogP contribution in [0.15, 0.2) is 36.5 Å². The molecule has 2 aromatic rings. The Morgan fingerprint density at radius 3 is 2.61 bits per heavy atom. The van der Waals surface area contributed by atoms with Gasteiger partial charge in [0.05, 0.1) is 12.1 Å². The summed E-state index contributed by atoms with van der Waals surface area (Å²) in [5.74, 6) is 0.130. The van der Waals surface area contributed by atoms with E-state index in [0.717, 1.165) is 26.0 Å². The minimum Gasteiger partial charge on any atom is -0.294 e. The fourth-order valence-electron chi connectivity index (χ4n) is 1.81. The summed E-state index contributed by atoms with van der Waals surface area (Å²) in [7, 11) is 0. The highest BCUT2D eigenvalue weighted by Gasteiger charge is 2.13.